The summed E-state index contributed by atoms with van der Waals surface area (Å²) in [4.78, 5) is 24.9. The van der Waals surface area contributed by atoms with E-state index in [1.165, 1.54) is 25.3 Å². The topological polar surface area (TPSA) is 92.8 Å². The number of hydrogen-bond donors (Lipinski definition) is 1. The number of amides is 2. The van der Waals surface area contributed by atoms with E-state index in [0.717, 1.165) is 4.90 Å². The van der Waals surface area contributed by atoms with Crippen molar-refractivity contribution in [3.05, 3.63) is 53.1 Å². The number of methoxy groups -OCH3 is 1. The molecule has 1 heterocycles. The first-order valence-electron chi connectivity index (χ1n) is 8.10. The zero-order chi connectivity index (χ0) is 19.6. The lowest BCUT2D eigenvalue weighted by Gasteiger charge is -2.18. The molecule has 9 heteroatoms. The second-order valence-corrected chi connectivity index (χ2v) is 8.05. The second-order valence-electron chi connectivity index (χ2n) is 5.87. The van der Waals surface area contributed by atoms with E-state index >= 15 is 0 Å². The Morgan fingerprint density at radius 2 is 1.78 bits per heavy atom. The maximum atomic E-state index is 12.7. The number of nitrogens with zero attached hydrogens (tertiary/aromatic N) is 1. The van der Waals surface area contributed by atoms with E-state index in [1.54, 1.807) is 24.3 Å². The van der Waals surface area contributed by atoms with Crippen molar-refractivity contribution < 1.29 is 22.7 Å². The van der Waals surface area contributed by atoms with Gasteiger partial charge in [-0.2, -0.15) is 0 Å². The van der Waals surface area contributed by atoms with E-state index in [0.29, 0.717) is 10.6 Å². The van der Waals surface area contributed by atoms with E-state index in [1.807, 2.05) is 0 Å². The van der Waals surface area contributed by atoms with Gasteiger partial charge < -0.3 is 4.74 Å². The number of sulfonamides is 1. The smallest absolute Gasteiger partial charge is 0.240 e. The number of carbonyl (C=O) groups is 2. The Morgan fingerprint density at radius 3 is 2.41 bits per heavy atom. The average molecular weight is 409 g/mol. The number of imide groups is 1. The van der Waals surface area contributed by atoms with E-state index in [2.05, 4.69) is 4.72 Å². The predicted molar refractivity (Wildman–Crippen MR) is 100 cm³/mol. The van der Waals surface area contributed by atoms with Crippen LogP contribution in [0.4, 0.5) is 5.69 Å². The van der Waals surface area contributed by atoms with Crippen molar-refractivity contribution in [3.63, 3.8) is 0 Å². The number of nitrogens with one attached hydrogen (secondary N) is 1. The lowest BCUT2D eigenvalue weighted by molar-refractivity contribution is -0.121. The lowest BCUT2D eigenvalue weighted by atomic mass is 10.2. The number of anilines is 1. The molecule has 3 rings (SSSR count). The first-order chi connectivity index (χ1) is 12.8. The van der Waals surface area contributed by atoms with Gasteiger partial charge in [-0.3, -0.25) is 9.59 Å². The van der Waals surface area contributed by atoms with Gasteiger partial charge in [0.1, 0.15) is 5.75 Å². The maximum Gasteiger partial charge on any atom is 0.240 e. The molecule has 0 spiro atoms. The van der Waals surface area contributed by atoms with Crippen LogP contribution in [0.1, 0.15) is 18.4 Å². The molecule has 2 amide bonds. The van der Waals surface area contributed by atoms with Crippen LogP contribution in [0.3, 0.4) is 0 Å². The second kappa shape index (κ2) is 7.67. The minimum absolute atomic E-state index is 0.00491. The third-order valence-corrected chi connectivity index (χ3v) is 5.93. The van der Waals surface area contributed by atoms with Crippen molar-refractivity contribution in [1.82, 2.24) is 4.72 Å². The highest BCUT2D eigenvalue weighted by molar-refractivity contribution is 7.89. The van der Waals surface area contributed by atoms with Crippen LogP contribution in [0.25, 0.3) is 0 Å². The van der Waals surface area contributed by atoms with Crippen molar-refractivity contribution in [2.75, 3.05) is 12.0 Å². The van der Waals surface area contributed by atoms with Crippen LogP contribution in [0.2, 0.25) is 5.02 Å². The zero-order valence-corrected chi connectivity index (χ0v) is 16.0. The zero-order valence-electron chi connectivity index (χ0n) is 14.4. The fourth-order valence-corrected chi connectivity index (χ4v) is 3.98. The summed E-state index contributed by atoms with van der Waals surface area (Å²) in [5.74, 6) is -0.544. The van der Waals surface area contributed by atoms with Crippen molar-refractivity contribution in [2.45, 2.75) is 24.3 Å². The van der Waals surface area contributed by atoms with E-state index in [-0.39, 0.29) is 35.7 Å². The van der Waals surface area contributed by atoms with Crippen LogP contribution in [-0.4, -0.2) is 27.3 Å². The van der Waals surface area contributed by atoms with Crippen LogP contribution in [0.5, 0.6) is 5.75 Å². The predicted octanol–water partition coefficient (Wildman–Crippen LogP) is 2.48. The fourth-order valence-electron chi connectivity index (χ4n) is 2.75. The summed E-state index contributed by atoms with van der Waals surface area (Å²) in [6.45, 7) is 0.00491. The van der Waals surface area contributed by atoms with Crippen molar-refractivity contribution >= 4 is 39.1 Å². The summed E-state index contributed by atoms with van der Waals surface area (Å²) in [5.41, 5.74) is 0.743. The Balaban J connectivity index is 1.92. The van der Waals surface area contributed by atoms with Gasteiger partial charge in [0.2, 0.25) is 21.8 Å². The number of rotatable bonds is 6. The summed E-state index contributed by atoms with van der Waals surface area (Å²) in [6.07, 6.45) is 0.174. The largest absolute Gasteiger partial charge is 0.495 e. The molecule has 2 aromatic rings. The molecule has 0 unspecified atom stereocenters. The van der Waals surface area contributed by atoms with Gasteiger partial charge in [-0.25, -0.2) is 18.0 Å². The van der Waals surface area contributed by atoms with Gasteiger partial charge in [0, 0.05) is 24.4 Å². The molecule has 0 aliphatic carbocycles. The summed E-state index contributed by atoms with van der Waals surface area (Å²) in [5, 5.41) is 0.448. The highest BCUT2D eigenvalue weighted by atomic mass is 35.5. The molecular formula is C18H17ClN2O5S. The molecule has 0 atom stereocenters. The molecule has 7 nitrogen and oxygen atoms in total. The number of halogens is 1. The van der Waals surface area contributed by atoms with E-state index in [4.69, 9.17) is 16.3 Å². The molecule has 1 saturated heterocycles. The van der Waals surface area contributed by atoms with Crippen molar-refractivity contribution in [3.8, 4) is 5.75 Å². The normalized spacial score (nSPS) is 14.7. The summed E-state index contributed by atoms with van der Waals surface area (Å²) in [7, 11) is -2.52. The van der Waals surface area contributed by atoms with Gasteiger partial charge in [0.25, 0.3) is 0 Å². The molecule has 0 saturated carbocycles. The molecule has 142 valence electrons. The van der Waals surface area contributed by atoms with Gasteiger partial charge in [0.05, 0.1) is 17.7 Å². The van der Waals surface area contributed by atoms with Crippen molar-refractivity contribution in [1.29, 1.82) is 0 Å². The van der Waals surface area contributed by atoms with Gasteiger partial charge in [0.15, 0.2) is 0 Å². The summed E-state index contributed by atoms with van der Waals surface area (Å²) < 4.78 is 33.0. The number of ether oxygens (including phenoxy) is 1. The van der Waals surface area contributed by atoms with Crippen molar-refractivity contribution in [2.24, 2.45) is 0 Å². The summed E-state index contributed by atoms with van der Waals surface area (Å²) >= 11 is 6.05. The maximum absolute atomic E-state index is 12.7. The van der Waals surface area contributed by atoms with E-state index in [9.17, 15) is 18.0 Å². The first kappa shape index (κ1) is 19.3. The first-order valence-corrected chi connectivity index (χ1v) is 9.96. The Bertz CT molecular complexity index is 991. The van der Waals surface area contributed by atoms with Crippen LogP contribution in [0, 0.1) is 0 Å². The quantitative estimate of drug-likeness (QED) is 0.741. The highest BCUT2D eigenvalue weighted by Gasteiger charge is 2.33. The Labute approximate surface area is 161 Å². The number of carbonyl (C=O) groups excluding carboxylic acids is 2. The minimum atomic E-state index is -3.90. The third-order valence-electron chi connectivity index (χ3n) is 4.16. The molecular weight excluding hydrogens is 392 g/mol. The van der Waals surface area contributed by atoms with Gasteiger partial charge in [-0.1, -0.05) is 29.8 Å². The van der Waals surface area contributed by atoms with E-state index < -0.39 is 21.8 Å². The lowest BCUT2D eigenvalue weighted by Crippen LogP contribution is -2.29. The molecule has 27 heavy (non-hydrogen) atoms. The standard InChI is InChI=1S/C18H17ClN2O5S/c1-26-16-7-6-13(10-15(16)21-17(22)8-9-18(21)23)27(24,25)20-11-12-4-2-3-5-14(12)19/h2-7,10,20H,8-9,11H2,1H3. The van der Waals surface area contributed by atoms with Crippen LogP contribution in [-0.2, 0) is 26.2 Å². The Hall–Kier alpha value is -2.42. The van der Waals surface area contributed by atoms with Gasteiger partial charge >= 0.3 is 0 Å². The molecule has 2 aromatic carbocycles. The molecule has 1 N–H and O–H groups in total. The van der Waals surface area contributed by atoms with Crippen LogP contribution >= 0.6 is 11.6 Å². The fraction of sp³-hybridized carbons (Fsp3) is 0.222. The van der Waals surface area contributed by atoms with Gasteiger partial charge in [-0.15, -0.1) is 0 Å². The Morgan fingerprint density at radius 1 is 1.11 bits per heavy atom. The summed E-state index contributed by atoms with van der Waals surface area (Å²) in [6, 6.07) is 10.9. The van der Waals surface area contributed by atoms with Crippen LogP contribution < -0.4 is 14.4 Å². The number of hydrogen-bond acceptors (Lipinski definition) is 5. The molecule has 0 bridgehead atoms. The minimum Gasteiger partial charge on any atom is -0.495 e. The van der Waals surface area contributed by atoms with Crippen LogP contribution in [0.15, 0.2) is 47.4 Å². The molecule has 0 aromatic heterocycles. The molecule has 1 aliphatic rings. The molecule has 1 fully saturated rings. The monoisotopic (exact) mass is 408 g/mol. The molecule has 0 radical (unpaired) electrons. The number of benzene rings is 2. The Kier molecular flexibility index (Phi) is 5.50. The SMILES string of the molecule is COc1ccc(S(=O)(=O)NCc2ccccc2Cl)cc1N1C(=O)CCC1=O. The van der Waals surface area contributed by atoms with Gasteiger partial charge in [-0.05, 0) is 29.8 Å². The highest BCUT2D eigenvalue weighted by Crippen LogP contribution is 2.34. The molecule has 1 aliphatic heterocycles. The average Bonchev–Trinajstić information content (AvgIpc) is 2.98. The third kappa shape index (κ3) is 3.97.